The van der Waals surface area contributed by atoms with Crippen LogP contribution >= 0.6 is 0 Å². The minimum absolute atomic E-state index is 0.141. The van der Waals surface area contributed by atoms with Crippen molar-refractivity contribution in [1.29, 1.82) is 0 Å². The average molecular weight is 321 g/mol. The number of hydrogen-bond acceptors (Lipinski definition) is 3. The zero-order valence-corrected chi connectivity index (χ0v) is 13.8. The van der Waals surface area contributed by atoms with Gasteiger partial charge in [0.1, 0.15) is 6.04 Å². The van der Waals surface area contributed by atoms with E-state index in [2.05, 4.69) is 10.6 Å². The summed E-state index contributed by atoms with van der Waals surface area (Å²) in [6.07, 6.45) is 0.345. The van der Waals surface area contributed by atoms with Gasteiger partial charge in [-0.25, -0.2) is 9.59 Å². The molecule has 0 saturated heterocycles. The monoisotopic (exact) mass is 321 g/mol. The Kier molecular flexibility index (Phi) is 6.56. The molecule has 0 heterocycles. The molecular formula is C16H23N3O4. The highest BCUT2D eigenvalue weighted by molar-refractivity contribution is 5.98. The van der Waals surface area contributed by atoms with Crippen molar-refractivity contribution in [3.63, 3.8) is 0 Å². The first-order valence-corrected chi connectivity index (χ1v) is 7.32. The molecule has 0 aliphatic carbocycles. The largest absolute Gasteiger partial charge is 0.480 e. The van der Waals surface area contributed by atoms with Crippen molar-refractivity contribution < 1.29 is 19.5 Å². The van der Waals surface area contributed by atoms with Crippen LogP contribution in [-0.4, -0.2) is 48.1 Å². The number of rotatable bonds is 6. The van der Waals surface area contributed by atoms with Crippen molar-refractivity contribution >= 4 is 23.6 Å². The van der Waals surface area contributed by atoms with Crippen LogP contribution in [0.1, 0.15) is 30.6 Å². The van der Waals surface area contributed by atoms with Gasteiger partial charge in [-0.05, 0) is 30.5 Å². The van der Waals surface area contributed by atoms with Crippen molar-refractivity contribution in [1.82, 2.24) is 10.2 Å². The maximum atomic E-state index is 12.2. The van der Waals surface area contributed by atoms with Gasteiger partial charge in [-0.15, -0.1) is 0 Å². The van der Waals surface area contributed by atoms with E-state index in [0.29, 0.717) is 12.1 Å². The highest BCUT2D eigenvalue weighted by atomic mass is 16.4. The van der Waals surface area contributed by atoms with E-state index in [-0.39, 0.29) is 17.5 Å². The summed E-state index contributed by atoms with van der Waals surface area (Å²) >= 11 is 0. The highest BCUT2D eigenvalue weighted by Crippen LogP contribution is 2.12. The number of carbonyl (C=O) groups excluding carboxylic acids is 2. The smallest absolute Gasteiger partial charge is 0.326 e. The first kappa shape index (κ1) is 18.5. The third kappa shape index (κ3) is 5.98. The van der Waals surface area contributed by atoms with Gasteiger partial charge < -0.3 is 20.6 Å². The molecule has 0 aliphatic heterocycles. The molecule has 126 valence electrons. The number of nitrogens with one attached hydrogen (secondary N) is 2. The Balaban J connectivity index is 2.83. The maximum absolute atomic E-state index is 12.2. The van der Waals surface area contributed by atoms with Crippen molar-refractivity contribution in [3.8, 4) is 0 Å². The van der Waals surface area contributed by atoms with E-state index in [1.54, 1.807) is 32.3 Å². The number of carboxylic acid groups (broad SMARTS) is 1. The molecule has 0 spiro atoms. The second-order valence-corrected chi connectivity index (χ2v) is 5.90. The fourth-order valence-electron chi connectivity index (χ4n) is 1.91. The van der Waals surface area contributed by atoms with E-state index in [4.69, 9.17) is 0 Å². The number of benzene rings is 1. The lowest BCUT2D eigenvalue weighted by Gasteiger charge is -2.17. The van der Waals surface area contributed by atoms with Crippen LogP contribution in [0.25, 0.3) is 0 Å². The van der Waals surface area contributed by atoms with E-state index in [1.165, 1.54) is 11.0 Å². The molecule has 1 rings (SSSR count). The second-order valence-electron chi connectivity index (χ2n) is 5.90. The molecule has 1 aromatic carbocycles. The van der Waals surface area contributed by atoms with Crippen LogP contribution in [0.2, 0.25) is 0 Å². The Bertz CT molecular complexity index is 584. The van der Waals surface area contributed by atoms with Gasteiger partial charge in [0.25, 0.3) is 5.91 Å². The van der Waals surface area contributed by atoms with Crippen molar-refractivity contribution in [2.75, 3.05) is 19.4 Å². The number of nitrogens with zero attached hydrogens (tertiary/aromatic N) is 1. The highest BCUT2D eigenvalue weighted by Gasteiger charge is 2.21. The molecule has 0 saturated carbocycles. The maximum Gasteiger partial charge on any atom is 0.326 e. The first-order chi connectivity index (χ1) is 10.7. The summed E-state index contributed by atoms with van der Waals surface area (Å²) in [6.45, 7) is 3.78. The summed E-state index contributed by atoms with van der Waals surface area (Å²) in [5, 5.41) is 14.3. The quantitative estimate of drug-likeness (QED) is 0.746. The van der Waals surface area contributed by atoms with Gasteiger partial charge in [-0.3, -0.25) is 4.79 Å². The predicted molar refractivity (Wildman–Crippen MR) is 87.5 cm³/mol. The fourth-order valence-corrected chi connectivity index (χ4v) is 1.91. The van der Waals surface area contributed by atoms with Crippen LogP contribution in [0.3, 0.4) is 0 Å². The number of amides is 3. The third-order valence-electron chi connectivity index (χ3n) is 3.09. The molecule has 0 radical (unpaired) electrons. The Morgan fingerprint density at radius 3 is 2.39 bits per heavy atom. The summed E-state index contributed by atoms with van der Waals surface area (Å²) in [5.74, 6) is -1.41. The van der Waals surface area contributed by atoms with Crippen LogP contribution in [-0.2, 0) is 4.79 Å². The van der Waals surface area contributed by atoms with Crippen LogP contribution < -0.4 is 10.6 Å². The molecule has 23 heavy (non-hydrogen) atoms. The lowest BCUT2D eigenvalue weighted by molar-refractivity contribution is -0.139. The van der Waals surface area contributed by atoms with Gasteiger partial charge in [0, 0.05) is 25.3 Å². The fraction of sp³-hybridized carbons (Fsp3) is 0.438. The standard InChI is InChI=1S/C16H23N3O4/c1-10(2)8-13(15(21)22)18-14(20)11-6-5-7-12(9-11)17-16(23)19(3)4/h5-7,9-10,13H,8H2,1-4H3,(H,17,23)(H,18,20)(H,21,22). The Morgan fingerprint density at radius 1 is 1.22 bits per heavy atom. The van der Waals surface area contributed by atoms with Gasteiger partial charge in [-0.2, -0.15) is 0 Å². The number of carboxylic acids is 1. The van der Waals surface area contributed by atoms with E-state index in [0.717, 1.165) is 0 Å². The average Bonchev–Trinajstić information content (AvgIpc) is 2.46. The van der Waals surface area contributed by atoms with E-state index in [9.17, 15) is 19.5 Å². The van der Waals surface area contributed by atoms with Crippen LogP contribution in [0.5, 0.6) is 0 Å². The Morgan fingerprint density at radius 2 is 1.87 bits per heavy atom. The molecule has 1 unspecified atom stereocenters. The van der Waals surface area contributed by atoms with Gasteiger partial charge in [0.2, 0.25) is 0 Å². The molecule has 0 bridgehead atoms. The minimum Gasteiger partial charge on any atom is -0.480 e. The van der Waals surface area contributed by atoms with Crippen molar-refractivity contribution in [2.45, 2.75) is 26.3 Å². The molecule has 7 nitrogen and oxygen atoms in total. The number of urea groups is 1. The van der Waals surface area contributed by atoms with Gasteiger partial charge in [-0.1, -0.05) is 19.9 Å². The molecule has 0 aromatic heterocycles. The van der Waals surface area contributed by atoms with E-state index >= 15 is 0 Å². The van der Waals surface area contributed by atoms with Crippen molar-refractivity contribution in [3.05, 3.63) is 29.8 Å². The lowest BCUT2D eigenvalue weighted by atomic mass is 10.0. The number of anilines is 1. The predicted octanol–water partition coefficient (Wildman–Crippen LogP) is 2.01. The van der Waals surface area contributed by atoms with Gasteiger partial charge in [0.05, 0.1) is 0 Å². The molecule has 1 aromatic rings. The third-order valence-corrected chi connectivity index (χ3v) is 3.09. The SMILES string of the molecule is CC(C)CC(NC(=O)c1cccc(NC(=O)N(C)C)c1)C(=O)O. The van der Waals surface area contributed by atoms with Crippen LogP contribution in [0.4, 0.5) is 10.5 Å². The van der Waals surface area contributed by atoms with Crippen molar-refractivity contribution in [2.24, 2.45) is 5.92 Å². The summed E-state index contributed by atoms with van der Waals surface area (Å²) in [7, 11) is 3.21. The number of hydrogen-bond donors (Lipinski definition) is 3. The number of aliphatic carboxylic acids is 1. The number of carbonyl (C=O) groups is 3. The normalized spacial score (nSPS) is 11.7. The zero-order chi connectivity index (χ0) is 17.6. The molecule has 1 atom stereocenters. The van der Waals surface area contributed by atoms with Gasteiger partial charge in [0.15, 0.2) is 0 Å². The summed E-state index contributed by atoms with van der Waals surface area (Å²) in [6, 6.07) is 5.09. The minimum atomic E-state index is -1.07. The van der Waals surface area contributed by atoms with E-state index in [1.807, 2.05) is 13.8 Å². The molecule has 3 amide bonds. The summed E-state index contributed by atoms with van der Waals surface area (Å²) < 4.78 is 0. The molecular weight excluding hydrogens is 298 g/mol. The van der Waals surface area contributed by atoms with E-state index < -0.39 is 17.9 Å². The lowest BCUT2D eigenvalue weighted by Crippen LogP contribution is -2.41. The topological polar surface area (TPSA) is 98.7 Å². The molecule has 7 heteroatoms. The Hall–Kier alpha value is -2.57. The summed E-state index contributed by atoms with van der Waals surface area (Å²) in [4.78, 5) is 36.4. The molecule has 0 aliphatic rings. The molecule has 3 N–H and O–H groups in total. The van der Waals surface area contributed by atoms with Crippen LogP contribution in [0, 0.1) is 5.92 Å². The zero-order valence-electron chi connectivity index (χ0n) is 13.8. The van der Waals surface area contributed by atoms with Gasteiger partial charge >= 0.3 is 12.0 Å². The molecule has 0 fully saturated rings. The Labute approximate surface area is 135 Å². The first-order valence-electron chi connectivity index (χ1n) is 7.32. The second kappa shape index (κ2) is 8.17. The summed E-state index contributed by atoms with van der Waals surface area (Å²) in [5.41, 5.74) is 0.753. The van der Waals surface area contributed by atoms with Crippen LogP contribution in [0.15, 0.2) is 24.3 Å².